The molecule has 5 nitrogen and oxygen atoms in total. The molecule has 0 aliphatic heterocycles. The number of amides is 2. The predicted octanol–water partition coefficient (Wildman–Crippen LogP) is 1.65. The molecule has 1 heterocycles. The third-order valence-corrected chi connectivity index (χ3v) is 3.43. The summed E-state index contributed by atoms with van der Waals surface area (Å²) in [5.74, 6) is -1.44. The summed E-state index contributed by atoms with van der Waals surface area (Å²) in [6.45, 7) is 0.360. The van der Waals surface area contributed by atoms with Gasteiger partial charge in [-0.05, 0) is 36.2 Å². The molecule has 1 aromatic heterocycles. The highest BCUT2D eigenvalue weighted by atomic mass is 19.1. The summed E-state index contributed by atoms with van der Waals surface area (Å²) in [5.41, 5.74) is 1.01. The van der Waals surface area contributed by atoms with Gasteiger partial charge in [0.2, 0.25) is 5.91 Å². The van der Waals surface area contributed by atoms with Crippen molar-refractivity contribution < 1.29 is 14.0 Å². The van der Waals surface area contributed by atoms with Gasteiger partial charge in [-0.3, -0.25) is 14.6 Å². The van der Waals surface area contributed by atoms with E-state index in [1.54, 1.807) is 25.5 Å². The first-order valence-corrected chi connectivity index (χ1v) is 7.23. The third-order valence-electron chi connectivity index (χ3n) is 3.43. The van der Waals surface area contributed by atoms with Crippen molar-refractivity contribution >= 4 is 11.8 Å². The average Bonchev–Trinajstić information content (AvgIpc) is 2.58. The lowest BCUT2D eigenvalue weighted by Gasteiger charge is -2.17. The third kappa shape index (κ3) is 4.88. The average molecular weight is 315 g/mol. The molecule has 0 fully saturated rings. The Morgan fingerprint density at radius 1 is 1.17 bits per heavy atom. The number of aromatic nitrogens is 1. The maximum Gasteiger partial charge on any atom is 0.254 e. The zero-order chi connectivity index (χ0) is 16.7. The molecule has 2 aromatic rings. The van der Waals surface area contributed by atoms with E-state index in [2.05, 4.69) is 10.3 Å². The number of carbonyl (C=O) groups excluding carboxylic acids is 2. The van der Waals surface area contributed by atoms with Gasteiger partial charge < -0.3 is 10.2 Å². The van der Waals surface area contributed by atoms with E-state index >= 15 is 0 Å². The zero-order valence-electron chi connectivity index (χ0n) is 12.8. The maximum atomic E-state index is 13.5. The predicted molar refractivity (Wildman–Crippen MR) is 84.3 cm³/mol. The Kier molecular flexibility index (Phi) is 5.80. The van der Waals surface area contributed by atoms with Crippen LogP contribution in [0.1, 0.15) is 15.9 Å². The number of hydrogen-bond acceptors (Lipinski definition) is 3. The number of nitrogens with zero attached hydrogens (tertiary/aromatic N) is 2. The zero-order valence-corrected chi connectivity index (χ0v) is 12.8. The molecule has 0 unspecified atom stereocenters. The van der Waals surface area contributed by atoms with Crippen LogP contribution in [0.15, 0.2) is 48.8 Å². The monoisotopic (exact) mass is 315 g/mol. The number of halogens is 1. The van der Waals surface area contributed by atoms with E-state index in [0.717, 1.165) is 5.56 Å². The molecule has 120 valence electrons. The fourth-order valence-electron chi connectivity index (χ4n) is 2.00. The molecule has 23 heavy (non-hydrogen) atoms. The quantitative estimate of drug-likeness (QED) is 0.882. The van der Waals surface area contributed by atoms with E-state index in [1.807, 2.05) is 12.1 Å². The lowest BCUT2D eigenvalue weighted by Crippen LogP contribution is -2.39. The fraction of sp³-hybridized carbons (Fsp3) is 0.235. The van der Waals surface area contributed by atoms with Gasteiger partial charge in [0.05, 0.1) is 12.1 Å². The Morgan fingerprint density at radius 3 is 2.57 bits per heavy atom. The highest BCUT2D eigenvalue weighted by Crippen LogP contribution is 2.05. The van der Waals surface area contributed by atoms with Gasteiger partial charge in [-0.25, -0.2) is 4.39 Å². The van der Waals surface area contributed by atoms with Crippen LogP contribution in [0.2, 0.25) is 0 Å². The molecule has 0 atom stereocenters. The lowest BCUT2D eigenvalue weighted by atomic mass is 10.2. The second-order valence-electron chi connectivity index (χ2n) is 5.08. The van der Waals surface area contributed by atoms with Crippen LogP contribution in [0.3, 0.4) is 0 Å². The molecular weight excluding hydrogens is 297 g/mol. The van der Waals surface area contributed by atoms with Gasteiger partial charge in [-0.15, -0.1) is 0 Å². The summed E-state index contributed by atoms with van der Waals surface area (Å²) in [6, 6.07) is 9.43. The Hall–Kier alpha value is -2.76. The number of benzene rings is 1. The summed E-state index contributed by atoms with van der Waals surface area (Å²) >= 11 is 0. The van der Waals surface area contributed by atoms with Gasteiger partial charge in [0.1, 0.15) is 5.82 Å². The molecule has 1 aromatic carbocycles. The number of rotatable bonds is 6. The van der Waals surface area contributed by atoms with Gasteiger partial charge in [0.15, 0.2) is 0 Å². The smallest absolute Gasteiger partial charge is 0.254 e. The van der Waals surface area contributed by atoms with Crippen molar-refractivity contribution in [2.24, 2.45) is 0 Å². The molecular formula is C17H18FN3O2. The molecule has 2 amide bonds. The van der Waals surface area contributed by atoms with Gasteiger partial charge >= 0.3 is 0 Å². The van der Waals surface area contributed by atoms with Gasteiger partial charge in [0, 0.05) is 26.0 Å². The van der Waals surface area contributed by atoms with Crippen molar-refractivity contribution in [3.05, 3.63) is 65.7 Å². The first-order chi connectivity index (χ1) is 11.1. The van der Waals surface area contributed by atoms with Crippen molar-refractivity contribution in [1.29, 1.82) is 0 Å². The second kappa shape index (κ2) is 8.03. The summed E-state index contributed by atoms with van der Waals surface area (Å²) in [6.07, 6.45) is 4.10. The number of hydrogen-bond donors (Lipinski definition) is 1. The number of pyridine rings is 1. The number of nitrogens with one attached hydrogen (secondary N) is 1. The van der Waals surface area contributed by atoms with E-state index in [-0.39, 0.29) is 18.0 Å². The normalized spacial score (nSPS) is 10.2. The molecule has 1 N–H and O–H groups in total. The Labute approximate surface area is 134 Å². The van der Waals surface area contributed by atoms with Crippen LogP contribution in [0.25, 0.3) is 0 Å². The van der Waals surface area contributed by atoms with Crippen molar-refractivity contribution in [3.8, 4) is 0 Å². The van der Waals surface area contributed by atoms with Gasteiger partial charge in [-0.2, -0.15) is 0 Å². The SMILES string of the molecule is CN(CCc1ccncc1)C(=O)CNC(=O)c1ccccc1F. The van der Waals surface area contributed by atoms with E-state index in [0.29, 0.717) is 13.0 Å². The Bertz CT molecular complexity index is 677. The molecule has 2 rings (SSSR count). The largest absolute Gasteiger partial charge is 0.344 e. The topological polar surface area (TPSA) is 62.3 Å². The molecule has 0 saturated carbocycles. The molecule has 0 saturated heterocycles. The second-order valence-corrected chi connectivity index (χ2v) is 5.08. The first-order valence-electron chi connectivity index (χ1n) is 7.23. The highest BCUT2D eigenvalue weighted by Gasteiger charge is 2.14. The summed E-state index contributed by atoms with van der Waals surface area (Å²) in [5, 5.41) is 2.44. The maximum absolute atomic E-state index is 13.5. The number of carbonyl (C=O) groups is 2. The van der Waals surface area contributed by atoms with Crippen LogP contribution >= 0.6 is 0 Å². The fourth-order valence-corrected chi connectivity index (χ4v) is 2.00. The summed E-state index contributed by atoms with van der Waals surface area (Å²) in [4.78, 5) is 29.3. The van der Waals surface area contributed by atoms with E-state index in [4.69, 9.17) is 0 Å². The van der Waals surface area contributed by atoms with Crippen LogP contribution in [0.5, 0.6) is 0 Å². The van der Waals surface area contributed by atoms with E-state index in [1.165, 1.54) is 23.1 Å². The number of likely N-dealkylation sites (N-methyl/N-ethyl adjacent to an activating group) is 1. The molecule has 0 bridgehead atoms. The summed E-state index contributed by atoms with van der Waals surface area (Å²) in [7, 11) is 1.67. The van der Waals surface area contributed by atoms with Crippen molar-refractivity contribution in [3.63, 3.8) is 0 Å². The lowest BCUT2D eigenvalue weighted by molar-refractivity contribution is -0.128. The van der Waals surface area contributed by atoms with Crippen LogP contribution in [0.4, 0.5) is 4.39 Å². The van der Waals surface area contributed by atoms with Crippen LogP contribution < -0.4 is 5.32 Å². The molecule has 0 spiro atoms. The van der Waals surface area contributed by atoms with Gasteiger partial charge in [0.25, 0.3) is 5.91 Å². The first kappa shape index (κ1) is 16.6. The summed E-state index contributed by atoms with van der Waals surface area (Å²) < 4.78 is 13.5. The van der Waals surface area contributed by atoms with Crippen molar-refractivity contribution in [1.82, 2.24) is 15.2 Å². The molecule has 0 aliphatic carbocycles. The molecule has 0 aliphatic rings. The Morgan fingerprint density at radius 2 is 1.87 bits per heavy atom. The highest BCUT2D eigenvalue weighted by molar-refractivity contribution is 5.96. The van der Waals surface area contributed by atoms with E-state index in [9.17, 15) is 14.0 Å². The van der Waals surface area contributed by atoms with Crippen LogP contribution in [-0.4, -0.2) is 41.8 Å². The van der Waals surface area contributed by atoms with Gasteiger partial charge in [-0.1, -0.05) is 12.1 Å². The van der Waals surface area contributed by atoms with E-state index < -0.39 is 11.7 Å². The standard InChI is InChI=1S/C17H18FN3O2/c1-21(11-8-13-6-9-19-10-7-13)16(22)12-20-17(23)14-4-2-3-5-15(14)18/h2-7,9-10H,8,11-12H2,1H3,(H,20,23). The molecule has 0 radical (unpaired) electrons. The van der Waals surface area contributed by atoms with Crippen LogP contribution in [-0.2, 0) is 11.2 Å². The van der Waals surface area contributed by atoms with Crippen LogP contribution in [0, 0.1) is 5.82 Å². The minimum absolute atomic E-state index is 0.0697. The van der Waals surface area contributed by atoms with Crippen molar-refractivity contribution in [2.45, 2.75) is 6.42 Å². The van der Waals surface area contributed by atoms with Crippen molar-refractivity contribution in [2.75, 3.05) is 20.1 Å². The molecule has 6 heteroatoms. The Balaban J connectivity index is 1.80. The minimum atomic E-state index is -0.608. The minimum Gasteiger partial charge on any atom is -0.344 e.